The van der Waals surface area contributed by atoms with Crippen LogP contribution in [0.4, 0.5) is 5.69 Å². The van der Waals surface area contributed by atoms with E-state index in [1.165, 1.54) is 22.5 Å². The number of fused-ring (bicyclic) bond motifs is 1. The van der Waals surface area contributed by atoms with Crippen LogP contribution in [0.5, 0.6) is 0 Å². The average Bonchev–Trinajstić information content (AvgIpc) is 3.04. The van der Waals surface area contributed by atoms with Crippen molar-refractivity contribution in [3.05, 3.63) is 69.3 Å². The Hall–Kier alpha value is -3.42. The first-order valence-electron chi connectivity index (χ1n) is 8.83. The summed E-state index contributed by atoms with van der Waals surface area (Å²) in [5, 5.41) is 13.7. The second-order valence-corrected chi connectivity index (χ2v) is 6.71. The Morgan fingerprint density at radius 3 is 2.96 bits per heavy atom. The average molecular weight is 364 g/mol. The third-order valence-electron chi connectivity index (χ3n) is 4.92. The molecule has 1 aliphatic rings. The lowest BCUT2D eigenvalue weighted by Crippen LogP contribution is -2.31. The molecule has 8 heteroatoms. The van der Waals surface area contributed by atoms with Crippen molar-refractivity contribution in [2.24, 2.45) is 0 Å². The van der Waals surface area contributed by atoms with E-state index in [2.05, 4.69) is 20.6 Å². The summed E-state index contributed by atoms with van der Waals surface area (Å²) in [5.41, 5.74) is 9.77. The second-order valence-electron chi connectivity index (χ2n) is 6.71. The molecule has 138 valence electrons. The van der Waals surface area contributed by atoms with Crippen molar-refractivity contribution >= 4 is 11.6 Å². The van der Waals surface area contributed by atoms with Crippen LogP contribution in [0.25, 0.3) is 5.82 Å². The fourth-order valence-corrected chi connectivity index (χ4v) is 3.54. The summed E-state index contributed by atoms with van der Waals surface area (Å²) >= 11 is 0. The standard InChI is InChI=1S/C19H20N6O2/c1-11-15(10-21-25(11)17-7-8-18(26)24-23-17)19(27)22-16-4-2-3-12-9-13(20)5-6-14(12)16/h5-10,16H,2-4,20H2,1H3,(H,22,27)(H,24,26). The number of aryl methyl sites for hydroxylation is 1. The topological polar surface area (TPSA) is 119 Å². The summed E-state index contributed by atoms with van der Waals surface area (Å²) in [5.74, 6) is 0.266. The maximum atomic E-state index is 12.8. The predicted molar refractivity (Wildman–Crippen MR) is 101 cm³/mol. The van der Waals surface area contributed by atoms with Crippen molar-refractivity contribution in [3.63, 3.8) is 0 Å². The first-order chi connectivity index (χ1) is 13.0. The molecule has 1 aromatic carbocycles. The molecule has 3 aromatic rings. The Bertz CT molecular complexity index is 1050. The number of aromatic amines is 1. The number of aromatic nitrogens is 4. The number of anilines is 1. The van der Waals surface area contributed by atoms with Gasteiger partial charge in [-0.25, -0.2) is 9.78 Å². The molecule has 0 spiro atoms. The molecule has 1 atom stereocenters. The first kappa shape index (κ1) is 17.0. The molecule has 0 radical (unpaired) electrons. The van der Waals surface area contributed by atoms with Crippen molar-refractivity contribution in [2.75, 3.05) is 5.73 Å². The Labute approximate surface area is 155 Å². The molecular formula is C19H20N6O2. The number of carbonyl (C=O) groups excluding carboxylic acids is 1. The number of carbonyl (C=O) groups is 1. The third kappa shape index (κ3) is 3.21. The lowest BCUT2D eigenvalue weighted by molar-refractivity contribution is 0.0932. The quantitative estimate of drug-likeness (QED) is 0.611. The van der Waals surface area contributed by atoms with E-state index in [9.17, 15) is 9.59 Å². The van der Waals surface area contributed by atoms with Crippen LogP contribution in [-0.4, -0.2) is 25.9 Å². The molecule has 0 saturated carbocycles. The van der Waals surface area contributed by atoms with Crippen LogP contribution in [0.1, 0.15) is 46.1 Å². The minimum Gasteiger partial charge on any atom is -0.399 e. The maximum absolute atomic E-state index is 12.8. The van der Waals surface area contributed by atoms with Crippen LogP contribution >= 0.6 is 0 Å². The van der Waals surface area contributed by atoms with Gasteiger partial charge in [-0.05, 0) is 55.5 Å². The van der Waals surface area contributed by atoms with Gasteiger partial charge in [-0.1, -0.05) is 6.07 Å². The Morgan fingerprint density at radius 1 is 1.33 bits per heavy atom. The summed E-state index contributed by atoms with van der Waals surface area (Å²) in [6, 6.07) is 8.73. The van der Waals surface area contributed by atoms with Gasteiger partial charge in [-0.3, -0.25) is 9.59 Å². The minimum atomic E-state index is -0.293. The van der Waals surface area contributed by atoms with E-state index < -0.39 is 0 Å². The number of benzene rings is 1. The second kappa shape index (κ2) is 6.71. The van der Waals surface area contributed by atoms with Crippen LogP contribution in [0.15, 0.2) is 41.3 Å². The van der Waals surface area contributed by atoms with Gasteiger partial charge in [0.2, 0.25) is 0 Å². The minimum absolute atomic E-state index is 0.0456. The van der Waals surface area contributed by atoms with Gasteiger partial charge in [0.25, 0.3) is 11.5 Å². The van der Waals surface area contributed by atoms with Gasteiger partial charge in [0.05, 0.1) is 23.5 Å². The fraction of sp³-hybridized carbons (Fsp3) is 0.263. The molecular weight excluding hydrogens is 344 g/mol. The summed E-state index contributed by atoms with van der Waals surface area (Å²) in [7, 11) is 0. The van der Waals surface area contributed by atoms with Crippen molar-refractivity contribution in [1.82, 2.24) is 25.3 Å². The lowest BCUT2D eigenvalue weighted by Gasteiger charge is -2.26. The zero-order valence-corrected chi connectivity index (χ0v) is 14.9. The van der Waals surface area contributed by atoms with Gasteiger partial charge in [0.1, 0.15) is 0 Å². The lowest BCUT2D eigenvalue weighted by atomic mass is 9.87. The van der Waals surface area contributed by atoms with E-state index in [1.807, 2.05) is 18.2 Å². The van der Waals surface area contributed by atoms with E-state index in [1.54, 1.807) is 13.0 Å². The molecule has 1 aliphatic carbocycles. The van der Waals surface area contributed by atoms with Crippen LogP contribution in [0.2, 0.25) is 0 Å². The fourth-order valence-electron chi connectivity index (χ4n) is 3.54. The van der Waals surface area contributed by atoms with E-state index >= 15 is 0 Å². The highest BCUT2D eigenvalue weighted by Crippen LogP contribution is 2.31. The SMILES string of the molecule is Cc1c(C(=O)NC2CCCc3cc(N)ccc32)cnn1-c1ccc(=O)[nH]n1. The summed E-state index contributed by atoms with van der Waals surface area (Å²) in [6.07, 6.45) is 4.38. The number of hydrogen-bond acceptors (Lipinski definition) is 5. The molecule has 0 saturated heterocycles. The normalized spacial score (nSPS) is 16.0. The van der Waals surface area contributed by atoms with Gasteiger partial charge < -0.3 is 11.1 Å². The number of nitrogens with one attached hydrogen (secondary N) is 2. The van der Waals surface area contributed by atoms with E-state index in [0.29, 0.717) is 17.1 Å². The smallest absolute Gasteiger partial charge is 0.264 e. The molecule has 0 bridgehead atoms. The molecule has 1 amide bonds. The van der Waals surface area contributed by atoms with Crippen molar-refractivity contribution in [1.29, 1.82) is 0 Å². The highest BCUT2D eigenvalue weighted by Gasteiger charge is 2.24. The highest BCUT2D eigenvalue weighted by molar-refractivity contribution is 5.95. The Kier molecular flexibility index (Phi) is 4.23. The molecule has 2 heterocycles. The van der Waals surface area contributed by atoms with Crippen LogP contribution in [-0.2, 0) is 6.42 Å². The van der Waals surface area contributed by atoms with Crippen molar-refractivity contribution in [2.45, 2.75) is 32.2 Å². The monoisotopic (exact) mass is 364 g/mol. The molecule has 1 unspecified atom stereocenters. The molecule has 2 aromatic heterocycles. The molecule has 0 fully saturated rings. The molecule has 8 nitrogen and oxygen atoms in total. The summed E-state index contributed by atoms with van der Waals surface area (Å²) in [4.78, 5) is 24.0. The Morgan fingerprint density at radius 2 is 2.19 bits per heavy atom. The number of nitrogen functional groups attached to an aromatic ring is 1. The number of H-pyrrole nitrogens is 1. The number of nitrogens with two attached hydrogens (primary N) is 1. The van der Waals surface area contributed by atoms with E-state index in [4.69, 9.17) is 5.73 Å². The van der Waals surface area contributed by atoms with Crippen LogP contribution in [0.3, 0.4) is 0 Å². The number of hydrogen-bond donors (Lipinski definition) is 3. The van der Waals surface area contributed by atoms with Gasteiger partial charge >= 0.3 is 0 Å². The maximum Gasteiger partial charge on any atom is 0.264 e. The summed E-state index contributed by atoms with van der Waals surface area (Å²) < 4.78 is 1.53. The van der Waals surface area contributed by atoms with Gasteiger partial charge in [-0.2, -0.15) is 10.2 Å². The van der Waals surface area contributed by atoms with Crippen molar-refractivity contribution in [3.8, 4) is 5.82 Å². The van der Waals surface area contributed by atoms with E-state index in [0.717, 1.165) is 30.5 Å². The third-order valence-corrected chi connectivity index (χ3v) is 4.92. The molecule has 4 N–H and O–H groups in total. The first-order valence-corrected chi connectivity index (χ1v) is 8.83. The molecule has 0 aliphatic heterocycles. The highest BCUT2D eigenvalue weighted by atomic mass is 16.1. The summed E-state index contributed by atoms with van der Waals surface area (Å²) in [6.45, 7) is 1.80. The predicted octanol–water partition coefficient (Wildman–Crippen LogP) is 1.65. The molecule has 4 rings (SSSR count). The van der Waals surface area contributed by atoms with Gasteiger partial charge in [0.15, 0.2) is 5.82 Å². The Balaban J connectivity index is 1.58. The van der Waals surface area contributed by atoms with Crippen molar-refractivity contribution < 1.29 is 4.79 Å². The van der Waals surface area contributed by atoms with E-state index in [-0.39, 0.29) is 17.5 Å². The number of nitrogens with zero attached hydrogens (tertiary/aromatic N) is 3. The molecule has 27 heavy (non-hydrogen) atoms. The zero-order valence-electron chi connectivity index (χ0n) is 14.9. The number of amides is 1. The van der Waals surface area contributed by atoms with Crippen LogP contribution in [0, 0.1) is 6.92 Å². The zero-order chi connectivity index (χ0) is 19.0. The van der Waals surface area contributed by atoms with Gasteiger partial charge in [-0.15, -0.1) is 0 Å². The van der Waals surface area contributed by atoms with Gasteiger partial charge in [0, 0.05) is 11.8 Å². The number of rotatable bonds is 3. The van der Waals surface area contributed by atoms with Crippen LogP contribution < -0.4 is 16.6 Å². The largest absolute Gasteiger partial charge is 0.399 e.